The molecule has 1 aliphatic rings. The first-order valence-electron chi connectivity index (χ1n) is 12.5. The second kappa shape index (κ2) is 14.2. The van der Waals surface area contributed by atoms with E-state index in [9.17, 15) is 4.79 Å². The van der Waals surface area contributed by atoms with E-state index >= 15 is 0 Å². The summed E-state index contributed by atoms with van der Waals surface area (Å²) in [4.78, 5) is 21.3. The van der Waals surface area contributed by atoms with Gasteiger partial charge in [0.1, 0.15) is 6.26 Å². The molecule has 0 unspecified atom stereocenters. The van der Waals surface area contributed by atoms with Crippen LogP contribution in [0.4, 0.5) is 16.5 Å². The Bertz CT molecular complexity index is 1060. The minimum absolute atomic E-state index is 0.0995. The fourth-order valence-electron chi connectivity index (χ4n) is 3.96. The molecule has 2 heterocycles. The van der Waals surface area contributed by atoms with Crippen molar-refractivity contribution in [3.8, 4) is 10.4 Å². The van der Waals surface area contributed by atoms with E-state index in [0.29, 0.717) is 11.9 Å². The van der Waals surface area contributed by atoms with Crippen LogP contribution >= 0.6 is 23.3 Å². The maximum atomic E-state index is 9.81. The number of hydrogen-bond donors (Lipinski definition) is 2. The number of carbonyl (C=O) groups is 1. The van der Waals surface area contributed by atoms with Crippen LogP contribution in [-0.2, 0) is 4.74 Å². The van der Waals surface area contributed by atoms with E-state index in [1.54, 1.807) is 38.3 Å². The smallest absolute Gasteiger partial charge is 0.404 e. The van der Waals surface area contributed by atoms with Gasteiger partial charge in [-0.05, 0) is 50.8 Å². The molecule has 1 fully saturated rings. The third-order valence-electron chi connectivity index (χ3n) is 5.69. The number of thiazole rings is 1. The molecular formula is C26H37N5O3S2. The van der Waals surface area contributed by atoms with E-state index in [1.807, 2.05) is 11.3 Å². The van der Waals surface area contributed by atoms with Crippen LogP contribution in [0.15, 0.2) is 46.2 Å². The zero-order valence-electron chi connectivity index (χ0n) is 21.5. The number of nitrogens with one attached hydrogen (secondary N) is 1. The van der Waals surface area contributed by atoms with Gasteiger partial charge < -0.3 is 20.2 Å². The molecule has 1 amide bonds. The Morgan fingerprint density at radius 3 is 2.58 bits per heavy atom. The number of primary amides is 1. The Morgan fingerprint density at radius 2 is 2.00 bits per heavy atom. The van der Waals surface area contributed by atoms with Crippen molar-refractivity contribution in [2.45, 2.75) is 76.7 Å². The maximum absolute atomic E-state index is 9.81. The number of oxazole rings is 1. The summed E-state index contributed by atoms with van der Waals surface area (Å²) >= 11 is 3.67. The highest BCUT2D eigenvalue weighted by molar-refractivity contribution is 7.97. The molecule has 0 radical (unpaired) electrons. The number of ether oxygens (including phenoxy) is 1. The fraction of sp³-hybridized carbons (Fsp3) is 0.500. The van der Waals surface area contributed by atoms with Crippen molar-refractivity contribution < 1.29 is 13.9 Å². The van der Waals surface area contributed by atoms with Gasteiger partial charge in [-0.15, -0.1) is 11.3 Å². The lowest BCUT2D eigenvalue weighted by atomic mass is 9.90. The summed E-state index contributed by atoms with van der Waals surface area (Å²) in [7, 11) is 0. The van der Waals surface area contributed by atoms with Crippen molar-refractivity contribution in [2.75, 3.05) is 18.4 Å². The topological polar surface area (TPSA) is 107 Å². The molecule has 3 N–H and O–H groups in total. The lowest BCUT2D eigenvalue weighted by Crippen LogP contribution is -2.17. The minimum atomic E-state index is -0.713. The highest BCUT2D eigenvalue weighted by Crippen LogP contribution is 2.41. The lowest BCUT2D eigenvalue weighted by molar-refractivity contribution is 0.125. The van der Waals surface area contributed by atoms with Crippen LogP contribution in [0.25, 0.3) is 10.4 Å². The number of benzene rings is 1. The zero-order valence-corrected chi connectivity index (χ0v) is 23.2. The highest BCUT2D eigenvalue weighted by atomic mass is 32.2. The first-order valence-corrected chi connectivity index (χ1v) is 14.1. The SMILES string of the molecule is CC(C)OC(N)=O.CCN(CC)Sc1cc(Nc2ncco2)ccc1-c1cnc(C2CCCCC2)s1. The first kappa shape index (κ1) is 28.0. The Hall–Kier alpha value is -2.56. The second-order valence-electron chi connectivity index (χ2n) is 8.76. The van der Waals surface area contributed by atoms with Crippen molar-refractivity contribution in [3.05, 3.63) is 41.9 Å². The lowest BCUT2D eigenvalue weighted by Gasteiger charge is -2.20. The summed E-state index contributed by atoms with van der Waals surface area (Å²) in [5.74, 6) is 0.646. The van der Waals surface area contributed by atoms with Crippen LogP contribution in [0, 0.1) is 0 Å². The van der Waals surface area contributed by atoms with Gasteiger partial charge in [0.05, 0.1) is 22.2 Å². The summed E-state index contributed by atoms with van der Waals surface area (Å²) in [6.45, 7) is 9.86. The van der Waals surface area contributed by atoms with Gasteiger partial charge in [0.25, 0.3) is 6.01 Å². The van der Waals surface area contributed by atoms with Gasteiger partial charge in [-0.1, -0.05) is 39.2 Å². The first-order chi connectivity index (χ1) is 17.4. The standard InChI is InChI=1S/C22H28N4OS2.C4H9NO2/c1-3-26(4-2)29-19-14-17(25-22-23-12-13-27-22)10-11-18(19)20-15-24-21(28-20)16-8-6-5-7-9-16;1-3(2)7-4(5)6/h10-16H,3-9H2,1-2H3,(H,23,25);3H,1-2H3,(H2,5,6). The fourth-order valence-corrected chi connectivity index (χ4v) is 6.15. The molecular weight excluding hydrogens is 494 g/mol. The molecule has 10 heteroatoms. The number of anilines is 2. The van der Waals surface area contributed by atoms with E-state index in [-0.39, 0.29) is 6.10 Å². The van der Waals surface area contributed by atoms with E-state index < -0.39 is 6.09 Å². The predicted octanol–water partition coefficient (Wildman–Crippen LogP) is 7.43. The summed E-state index contributed by atoms with van der Waals surface area (Å²) < 4.78 is 12.1. The summed E-state index contributed by atoms with van der Waals surface area (Å²) in [6.07, 6.45) is 11.1. The van der Waals surface area contributed by atoms with Crippen LogP contribution < -0.4 is 11.1 Å². The molecule has 0 aliphatic heterocycles. The predicted molar refractivity (Wildman–Crippen MR) is 148 cm³/mol. The Labute approximate surface area is 222 Å². The van der Waals surface area contributed by atoms with Crippen LogP contribution in [-0.4, -0.2) is 39.6 Å². The number of aromatic nitrogens is 2. The molecule has 3 aromatic rings. The average molecular weight is 532 g/mol. The van der Waals surface area contributed by atoms with Gasteiger partial charge in [0.2, 0.25) is 0 Å². The summed E-state index contributed by atoms with van der Waals surface area (Å²) in [5.41, 5.74) is 6.86. The Morgan fingerprint density at radius 1 is 1.25 bits per heavy atom. The van der Waals surface area contributed by atoms with Crippen molar-refractivity contribution >= 4 is 41.1 Å². The van der Waals surface area contributed by atoms with Crippen LogP contribution in [0.3, 0.4) is 0 Å². The molecule has 8 nitrogen and oxygen atoms in total. The van der Waals surface area contributed by atoms with Crippen LogP contribution in [0.2, 0.25) is 0 Å². The molecule has 196 valence electrons. The van der Waals surface area contributed by atoms with Gasteiger partial charge in [0.15, 0.2) is 0 Å². The number of nitrogens with zero attached hydrogens (tertiary/aromatic N) is 3. The molecule has 0 atom stereocenters. The van der Waals surface area contributed by atoms with Gasteiger partial charge in [0, 0.05) is 41.4 Å². The monoisotopic (exact) mass is 531 g/mol. The van der Waals surface area contributed by atoms with Crippen molar-refractivity contribution in [1.29, 1.82) is 0 Å². The molecule has 36 heavy (non-hydrogen) atoms. The molecule has 1 saturated carbocycles. The normalized spacial score (nSPS) is 13.9. The van der Waals surface area contributed by atoms with Crippen molar-refractivity contribution in [3.63, 3.8) is 0 Å². The molecule has 4 rings (SSSR count). The highest BCUT2D eigenvalue weighted by Gasteiger charge is 2.20. The van der Waals surface area contributed by atoms with Crippen molar-refractivity contribution in [2.24, 2.45) is 5.73 Å². The van der Waals surface area contributed by atoms with Crippen LogP contribution in [0.1, 0.15) is 70.7 Å². The van der Waals surface area contributed by atoms with Gasteiger partial charge in [-0.25, -0.2) is 19.1 Å². The quantitative estimate of drug-likeness (QED) is 0.275. The Kier molecular flexibility index (Phi) is 11.1. The molecule has 1 aliphatic carbocycles. The van der Waals surface area contributed by atoms with Crippen molar-refractivity contribution in [1.82, 2.24) is 14.3 Å². The van der Waals surface area contributed by atoms with Gasteiger partial charge in [-0.3, -0.25) is 0 Å². The average Bonchev–Trinajstić information content (AvgIpc) is 3.55. The number of rotatable bonds is 9. The number of nitrogens with two attached hydrogens (primary N) is 1. The third-order valence-corrected chi connectivity index (χ3v) is 8.20. The number of amides is 1. The summed E-state index contributed by atoms with van der Waals surface area (Å²) in [6, 6.07) is 6.97. The number of carbonyl (C=O) groups excluding carboxylic acids is 1. The summed E-state index contributed by atoms with van der Waals surface area (Å²) in [5, 5.41) is 4.55. The zero-order chi connectivity index (χ0) is 25.9. The molecule has 1 aromatic carbocycles. The van der Waals surface area contributed by atoms with Gasteiger partial charge >= 0.3 is 6.09 Å². The maximum Gasteiger partial charge on any atom is 0.404 e. The van der Waals surface area contributed by atoms with Crippen LogP contribution in [0.5, 0.6) is 0 Å². The number of hydrogen-bond acceptors (Lipinski definition) is 9. The van der Waals surface area contributed by atoms with E-state index in [4.69, 9.17) is 9.40 Å². The Balaban J connectivity index is 0.000000454. The van der Waals surface area contributed by atoms with E-state index in [2.05, 4.69) is 63.3 Å². The second-order valence-corrected chi connectivity index (χ2v) is 11.0. The molecule has 0 spiro atoms. The molecule has 0 saturated heterocycles. The third kappa shape index (κ3) is 8.53. The van der Waals surface area contributed by atoms with Gasteiger partial charge in [-0.2, -0.15) is 0 Å². The molecule has 2 aromatic heterocycles. The minimum Gasteiger partial charge on any atom is -0.447 e. The molecule has 0 bridgehead atoms. The van der Waals surface area contributed by atoms with E-state index in [1.165, 1.54) is 52.4 Å². The largest absolute Gasteiger partial charge is 0.447 e. The van der Waals surface area contributed by atoms with E-state index in [0.717, 1.165) is 18.8 Å².